The summed E-state index contributed by atoms with van der Waals surface area (Å²) in [5.41, 5.74) is -0.815. The molecule has 0 bridgehead atoms. The molecule has 0 spiro atoms. The molecule has 0 amide bonds. The van der Waals surface area contributed by atoms with Gasteiger partial charge in [0.1, 0.15) is 10.9 Å². The fourth-order valence-corrected chi connectivity index (χ4v) is 1.68. The standard InChI is InChI=1S/C8H10ClN3OS/c1-8(2,13)4-11-7-12-6(9)5(3-10)14-7/h13H,4H2,1-2H3,(H,11,12). The van der Waals surface area contributed by atoms with Crippen LogP contribution >= 0.6 is 22.9 Å². The van der Waals surface area contributed by atoms with Gasteiger partial charge in [0.2, 0.25) is 0 Å². The third-order valence-corrected chi connectivity index (χ3v) is 2.66. The summed E-state index contributed by atoms with van der Waals surface area (Å²) in [6.45, 7) is 3.72. The number of aromatic nitrogens is 1. The van der Waals surface area contributed by atoms with Gasteiger partial charge in [-0.3, -0.25) is 0 Å². The zero-order valence-electron chi connectivity index (χ0n) is 7.83. The molecule has 0 atom stereocenters. The largest absolute Gasteiger partial charge is 0.389 e. The number of hydrogen-bond donors (Lipinski definition) is 2. The molecule has 0 saturated carbocycles. The first-order valence-corrected chi connectivity index (χ1v) is 5.14. The van der Waals surface area contributed by atoms with Crippen molar-refractivity contribution in [2.24, 2.45) is 0 Å². The summed E-state index contributed by atoms with van der Waals surface area (Å²) in [5, 5.41) is 21.7. The van der Waals surface area contributed by atoms with Crippen LogP contribution in [0.15, 0.2) is 0 Å². The van der Waals surface area contributed by atoms with Crippen molar-refractivity contribution in [2.75, 3.05) is 11.9 Å². The molecule has 0 fully saturated rings. The van der Waals surface area contributed by atoms with Crippen molar-refractivity contribution in [1.82, 2.24) is 4.98 Å². The van der Waals surface area contributed by atoms with E-state index in [0.29, 0.717) is 16.6 Å². The van der Waals surface area contributed by atoms with Crippen molar-refractivity contribution in [3.8, 4) is 6.07 Å². The Morgan fingerprint density at radius 1 is 1.71 bits per heavy atom. The zero-order chi connectivity index (χ0) is 10.8. The number of aliphatic hydroxyl groups is 1. The molecule has 4 nitrogen and oxygen atoms in total. The first-order valence-electron chi connectivity index (χ1n) is 3.95. The van der Waals surface area contributed by atoms with Crippen molar-refractivity contribution < 1.29 is 5.11 Å². The van der Waals surface area contributed by atoms with Gasteiger partial charge in [0.05, 0.1) is 5.60 Å². The highest BCUT2D eigenvalue weighted by Crippen LogP contribution is 2.25. The molecule has 6 heteroatoms. The first kappa shape index (κ1) is 11.2. The van der Waals surface area contributed by atoms with Gasteiger partial charge in [0, 0.05) is 6.54 Å². The second-order valence-electron chi connectivity index (χ2n) is 3.42. The Bertz CT molecular complexity index is 364. The molecule has 1 aromatic rings. The molecule has 76 valence electrons. The normalized spacial score (nSPS) is 11.1. The van der Waals surface area contributed by atoms with E-state index in [1.54, 1.807) is 13.8 Å². The molecule has 14 heavy (non-hydrogen) atoms. The second kappa shape index (κ2) is 4.13. The maximum absolute atomic E-state index is 9.43. The third kappa shape index (κ3) is 3.14. The Balaban J connectivity index is 2.66. The van der Waals surface area contributed by atoms with E-state index in [1.165, 1.54) is 11.3 Å². The topological polar surface area (TPSA) is 68.9 Å². The van der Waals surface area contributed by atoms with Crippen molar-refractivity contribution in [3.63, 3.8) is 0 Å². The van der Waals surface area contributed by atoms with E-state index in [0.717, 1.165) is 0 Å². The van der Waals surface area contributed by atoms with Crippen LogP contribution < -0.4 is 5.32 Å². The lowest BCUT2D eigenvalue weighted by molar-refractivity contribution is 0.0945. The molecular formula is C8H10ClN3OS. The average Bonchev–Trinajstić information content (AvgIpc) is 2.42. The molecule has 0 aliphatic heterocycles. The highest BCUT2D eigenvalue weighted by molar-refractivity contribution is 7.16. The predicted octanol–water partition coefficient (Wildman–Crippen LogP) is 1.85. The fourth-order valence-electron chi connectivity index (χ4n) is 0.738. The second-order valence-corrected chi connectivity index (χ2v) is 4.77. The highest BCUT2D eigenvalue weighted by Gasteiger charge is 2.14. The fraction of sp³-hybridized carbons (Fsp3) is 0.500. The van der Waals surface area contributed by atoms with E-state index in [1.807, 2.05) is 6.07 Å². The van der Waals surface area contributed by atoms with Crippen LogP contribution in [0.4, 0.5) is 5.13 Å². The van der Waals surface area contributed by atoms with E-state index in [-0.39, 0.29) is 5.15 Å². The minimum Gasteiger partial charge on any atom is -0.389 e. The number of rotatable bonds is 3. The average molecular weight is 232 g/mol. The third-order valence-electron chi connectivity index (χ3n) is 1.36. The van der Waals surface area contributed by atoms with Gasteiger partial charge in [0.15, 0.2) is 10.3 Å². The lowest BCUT2D eigenvalue weighted by Gasteiger charge is -2.16. The minimum absolute atomic E-state index is 0.204. The first-order chi connectivity index (χ1) is 6.42. The summed E-state index contributed by atoms with van der Waals surface area (Å²) in [4.78, 5) is 4.30. The predicted molar refractivity (Wildman–Crippen MR) is 56.6 cm³/mol. The molecule has 1 heterocycles. The van der Waals surface area contributed by atoms with Crippen molar-refractivity contribution >= 4 is 28.1 Å². The van der Waals surface area contributed by atoms with Crippen LogP contribution in [0.3, 0.4) is 0 Å². The summed E-state index contributed by atoms with van der Waals surface area (Å²) in [6.07, 6.45) is 0. The lowest BCUT2D eigenvalue weighted by atomic mass is 10.1. The molecule has 0 aliphatic rings. The van der Waals surface area contributed by atoms with Crippen LogP contribution in [0.25, 0.3) is 0 Å². The van der Waals surface area contributed by atoms with Crippen molar-refractivity contribution in [2.45, 2.75) is 19.4 Å². The Morgan fingerprint density at radius 2 is 2.36 bits per heavy atom. The number of hydrogen-bond acceptors (Lipinski definition) is 5. The smallest absolute Gasteiger partial charge is 0.185 e. The van der Waals surface area contributed by atoms with E-state index in [2.05, 4.69) is 10.3 Å². The van der Waals surface area contributed by atoms with Gasteiger partial charge >= 0.3 is 0 Å². The maximum Gasteiger partial charge on any atom is 0.185 e. The minimum atomic E-state index is -0.815. The van der Waals surface area contributed by atoms with Gasteiger partial charge in [-0.05, 0) is 13.8 Å². The summed E-state index contributed by atoms with van der Waals surface area (Å²) in [6, 6.07) is 1.93. The summed E-state index contributed by atoms with van der Waals surface area (Å²) in [7, 11) is 0. The number of nitriles is 1. The molecule has 0 aromatic carbocycles. The number of halogens is 1. The van der Waals surface area contributed by atoms with E-state index in [9.17, 15) is 5.11 Å². The Hall–Kier alpha value is -0.830. The number of nitrogens with one attached hydrogen (secondary N) is 1. The molecule has 0 radical (unpaired) electrons. The van der Waals surface area contributed by atoms with Crippen molar-refractivity contribution in [1.29, 1.82) is 5.26 Å². The van der Waals surface area contributed by atoms with Crippen LogP contribution in [-0.2, 0) is 0 Å². The number of thiazole rings is 1. The molecule has 1 rings (SSSR count). The summed E-state index contributed by atoms with van der Waals surface area (Å²) < 4.78 is 0. The Morgan fingerprint density at radius 3 is 2.79 bits per heavy atom. The number of nitrogens with zero attached hydrogens (tertiary/aromatic N) is 2. The van der Waals surface area contributed by atoms with Crippen LogP contribution in [-0.4, -0.2) is 22.2 Å². The molecular weight excluding hydrogens is 222 g/mol. The van der Waals surface area contributed by atoms with E-state index >= 15 is 0 Å². The van der Waals surface area contributed by atoms with Crippen molar-refractivity contribution in [3.05, 3.63) is 10.0 Å². The van der Waals surface area contributed by atoms with Crippen LogP contribution in [0, 0.1) is 11.3 Å². The van der Waals surface area contributed by atoms with Crippen LogP contribution in [0.5, 0.6) is 0 Å². The van der Waals surface area contributed by atoms with Gasteiger partial charge in [-0.2, -0.15) is 5.26 Å². The summed E-state index contributed by atoms with van der Waals surface area (Å²) >= 11 is 6.84. The molecule has 0 saturated heterocycles. The molecule has 1 aromatic heterocycles. The Labute approximate surface area is 91.2 Å². The maximum atomic E-state index is 9.43. The molecule has 2 N–H and O–H groups in total. The zero-order valence-corrected chi connectivity index (χ0v) is 9.41. The molecule has 0 unspecified atom stereocenters. The van der Waals surface area contributed by atoms with Gasteiger partial charge < -0.3 is 10.4 Å². The van der Waals surface area contributed by atoms with Gasteiger partial charge in [-0.25, -0.2) is 4.98 Å². The van der Waals surface area contributed by atoms with E-state index in [4.69, 9.17) is 16.9 Å². The Kier molecular flexibility index (Phi) is 3.32. The van der Waals surface area contributed by atoms with Gasteiger partial charge in [0.25, 0.3) is 0 Å². The highest BCUT2D eigenvalue weighted by atomic mass is 35.5. The number of anilines is 1. The molecule has 0 aliphatic carbocycles. The quantitative estimate of drug-likeness (QED) is 0.833. The monoisotopic (exact) mass is 231 g/mol. The van der Waals surface area contributed by atoms with Gasteiger partial charge in [-0.15, -0.1) is 0 Å². The van der Waals surface area contributed by atoms with Crippen LogP contribution in [0.2, 0.25) is 5.15 Å². The van der Waals surface area contributed by atoms with E-state index < -0.39 is 5.60 Å². The van der Waals surface area contributed by atoms with Gasteiger partial charge in [-0.1, -0.05) is 22.9 Å². The summed E-state index contributed by atoms with van der Waals surface area (Å²) in [5.74, 6) is 0. The SMILES string of the molecule is CC(C)(O)CNc1nc(Cl)c(C#N)s1. The van der Waals surface area contributed by atoms with Crippen LogP contribution in [0.1, 0.15) is 18.7 Å². The lowest BCUT2D eigenvalue weighted by Crippen LogP contribution is -2.29.